The summed E-state index contributed by atoms with van der Waals surface area (Å²) in [5, 5.41) is 4.23. The van der Waals surface area contributed by atoms with Crippen molar-refractivity contribution in [2.75, 3.05) is 0 Å². The van der Waals surface area contributed by atoms with Crippen molar-refractivity contribution in [3.63, 3.8) is 0 Å². The fourth-order valence-corrected chi connectivity index (χ4v) is 7.01. The summed E-state index contributed by atoms with van der Waals surface area (Å²) in [4.78, 5) is 28.2. The van der Waals surface area contributed by atoms with Crippen LogP contribution in [0.1, 0.15) is 31.8 Å². The third kappa shape index (κ3) is 3.77. The largest absolute Gasteiger partial charge is 0.456 e. The SMILES string of the molecule is O=C(c1ccccc1)c1ccc(C(=O)c2ccccc2)c(-c2c3c(cc4oc5ccccc5c24)-c2cccc4cccc-3c24)c1. The predicted molar refractivity (Wildman–Crippen MR) is 181 cm³/mol. The highest BCUT2D eigenvalue weighted by atomic mass is 16.3. The van der Waals surface area contributed by atoms with Crippen molar-refractivity contribution < 1.29 is 14.0 Å². The first-order valence-electron chi connectivity index (χ1n) is 15.0. The van der Waals surface area contributed by atoms with E-state index in [-0.39, 0.29) is 11.6 Å². The Morgan fingerprint density at radius 1 is 0.422 bits per heavy atom. The number of furan rings is 1. The Morgan fingerprint density at radius 3 is 1.84 bits per heavy atom. The highest BCUT2D eigenvalue weighted by Gasteiger charge is 2.31. The van der Waals surface area contributed by atoms with Gasteiger partial charge in [0, 0.05) is 38.6 Å². The van der Waals surface area contributed by atoms with Crippen LogP contribution in [0.4, 0.5) is 0 Å². The number of rotatable bonds is 5. The smallest absolute Gasteiger partial charge is 0.193 e. The van der Waals surface area contributed by atoms with E-state index in [0.717, 1.165) is 55.1 Å². The average molecular weight is 577 g/mol. The quantitative estimate of drug-likeness (QED) is 0.192. The molecule has 3 heteroatoms. The van der Waals surface area contributed by atoms with E-state index < -0.39 is 0 Å². The Hall–Kier alpha value is -6.06. The van der Waals surface area contributed by atoms with Gasteiger partial charge in [-0.1, -0.05) is 121 Å². The molecule has 0 unspecified atom stereocenters. The summed E-state index contributed by atoms with van der Waals surface area (Å²) in [6, 6.07) is 47.0. The van der Waals surface area contributed by atoms with Gasteiger partial charge in [0.1, 0.15) is 11.2 Å². The average Bonchev–Trinajstić information content (AvgIpc) is 3.64. The summed E-state index contributed by atoms with van der Waals surface area (Å²) in [7, 11) is 0. The van der Waals surface area contributed by atoms with Gasteiger partial charge in [0.25, 0.3) is 0 Å². The molecule has 210 valence electrons. The van der Waals surface area contributed by atoms with Crippen molar-refractivity contribution in [3.05, 3.63) is 168 Å². The Labute approximate surface area is 259 Å². The lowest BCUT2D eigenvalue weighted by atomic mass is 9.84. The number of para-hydroxylation sites is 1. The standard InChI is InChI=1S/C42H24O3/c43-41(26-11-3-1-4-12-26)28-21-22-30(42(44)27-13-5-2-6-14-27)33(23-28)40-38-32-19-10-16-25-15-9-18-29(37(25)32)34(38)24-36-39(40)31-17-7-8-20-35(31)45-36/h1-24H. The van der Waals surface area contributed by atoms with E-state index in [4.69, 9.17) is 4.42 Å². The molecular formula is C42H24O3. The highest BCUT2D eigenvalue weighted by molar-refractivity contribution is 6.28. The van der Waals surface area contributed by atoms with Crippen molar-refractivity contribution in [1.29, 1.82) is 0 Å². The summed E-state index contributed by atoms with van der Waals surface area (Å²) in [6.45, 7) is 0. The fourth-order valence-electron chi connectivity index (χ4n) is 7.01. The second-order valence-electron chi connectivity index (χ2n) is 11.5. The monoisotopic (exact) mass is 576 g/mol. The molecule has 1 aromatic heterocycles. The molecular weight excluding hydrogens is 552 g/mol. The van der Waals surface area contributed by atoms with Gasteiger partial charge >= 0.3 is 0 Å². The van der Waals surface area contributed by atoms with E-state index in [2.05, 4.69) is 48.5 Å². The minimum absolute atomic E-state index is 0.0955. The van der Waals surface area contributed by atoms with Crippen LogP contribution in [-0.4, -0.2) is 11.6 Å². The van der Waals surface area contributed by atoms with Crippen molar-refractivity contribution in [2.24, 2.45) is 0 Å². The first-order chi connectivity index (χ1) is 22.2. The Bertz CT molecular complexity index is 2500. The van der Waals surface area contributed by atoms with Gasteiger partial charge in [0.05, 0.1) is 0 Å². The molecule has 0 amide bonds. The zero-order valence-electron chi connectivity index (χ0n) is 24.1. The van der Waals surface area contributed by atoms with E-state index >= 15 is 0 Å². The van der Waals surface area contributed by atoms with Gasteiger partial charge in [-0.15, -0.1) is 0 Å². The van der Waals surface area contributed by atoms with Crippen LogP contribution in [0.15, 0.2) is 150 Å². The lowest BCUT2D eigenvalue weighted by Gasteiger charge is -2.17. The molecule has 9 rings (SSSR count). The number of ketones is 2. The van der Waals surface area contributed by atoms with Crippen molar-refractivity contribution in [1.82, 2.24) is 0 Å². The molecule has 1 aliphatic carbocycles. The second-order valence-corrected chi connectivity index (χ2v) is 11.5. The van der Waals surface area contributed by atoms with Gasteiger partial charge in [-0.05, 0) is 62.9 Å². The van der Waals surface area contributed by atoms with Gasteiger partial charge in [0.15, 0.2) is 11.6 Å². The summed E-state index contributed by atoms with van der Waals surface area (Å²) >= 11 is 0. The van der Waals surface area contributed by atoms with Gasteiger partial charge in [-0.3, -0.25) is 9.59 Å². The van der Waals surface area contributed by atoms with E-state index in [0.29, 0.717) is 27.8 Å². The van der Waals surface area contributed by atoms with Crippen LogP contribution in [0.2, 0.25) is 0 Å². The third-order valence-electron chi connectivity index (χ3n) is 9.00. The third-order valence-corrected chi connectivity index (χ3v) is 9.00. The number of carbonyl (C=O) groups is 2. The molecule has 0 spiro atoms. The first kappa shape index (κ1) is 25.4. The first-order valence-corrected chi connectivity index (χ1v) is 15.0. The van der Waals surface area contributed by atoms with Crippen molar-refractivity contribution in [2.45, 2.75) is 0 Å². The van der Waals surface area contributed by atoms with Crippen LogP contribution in [0.5, 0.6) is 0 Å². The molecule has 0 saturated heterocycles. The minimum Gasteiger partial charge on any atom is -0.456 e. The van der Waals surface area contributed by atoms with Crippen LogP contribution >= 0.6 is 0 Å². The van der Waals surface area contributed by atoms with E-state index in [9.17, 15) is 9.59 Å². The summed E-state index contributed by atoms with van der Waals surface area (Å²) in [6.07, 6.45) is 0. The van der Waals surface area contributed by atoms with Crippen molar-refractivity contribution >= 4 is 44.3 Å². The zero-order chi connectivity index (χ0) is 30.1. The molecule has 1 heterocycles. The maximum Gasteiger partial charge on any atom is 0.193 e. The molecule has 0 atom stereocenters. The number of carbonyl (C=O) groups excluding carboxylic acids is 2. The molecule has 0 radical (unpaired) electrons. The molecule has 1 aliphatic rings. The molecule has 0 N–H and O–H groups in total. The Balaban J connectivity index is 1.44. The van der Waals surface area contributed by atoms with Gasteiger partial charge in [-0.2, -0.15) is 0 Å². The molecule has 45 heavy (non-hydrogen) atoms. The summed E-state index contributed by atoms with van der Waals surface area (Å²) < 4.78 is 6.51. The van der Waals surface area contributed by atoms with Crippen LogP contribution in [0.3, 0.4) is 0 Å². The summed E-state index contributed by atoms with van der Waals surface area (Å²) in [5.74, 6) is -0.196. The van der Waals surface area contributed by atoms with Crippen LogP contribution in [0, 0.1) is 0 Å². The molecule has 0 bridgehead atoms. The molecule has 0 saturated carbocycles. The maximum absolute atomic E-state index is 14.3. The van der Waals surface area contributed by atoms with Crippen LogP contribution in [-0.2, 0) is 0 Å². The van der Waals surface area contributed by atoms with Gasteiger partial charge in [-0.25, -0.2) is 0 Å². The number of hydrogen-bond donors (Lipinski definition) is 0. The Morgan fingerprint density at radius 2 is 1.09 bits per heavy atom. The molecule has 8 aromatic rings. The predicted octanol–water partition coefficient (Wildman–Crippen LogP) is 10.5. The van der Waals surface area contributed by atoms with Gasteiger partial charge < -0.3 is 4.42 Å². The molecule has 0 aliphatic heterocycles. The van der Waals surface area contributed by atoms with Gasteiger partial charge in [0.2, 0.25) is 0 Å². The molecule has 3 nitrogen and oxygen atoms in total. The zero-order valence-corrected chi connectivity index (χ0v) is 24.1. The second kappa shape index (κ2) is 9.73. The highest BCUT2D eigenvalue weighted by Crippen LogP contribution is 2.55. The number of hydrogen-bond acceptors (Lipinski definition) is 3. The Kier molecular flexibility index (Phi) is 5.50. The van der Waals surface area contributed by atoms with Crippen molar-refractivity contribution in [3.8, 4) is 33.4 Å². The lowest BCUT2D eigenvalue weighted by molar-refractivity contribution is 0.102. The van der Waals surface area contributed by atoms with E-state index in [1.807, 2.05) is 91.0 Å². The van der Waals surface area contributed by atoms with E-state index in [1.165, 1.54) is 5.39 Å². The normalized spacial score (nSPS) is 11.7. The topological polar surface area (TPSA) is 47.3 Å². The fraction of sp³-hybridized carbons (Fsp3) is 0. The lowest BCUT2D eigenvalue weighted by Crippen LogP contribution is -2.07. The molecule has 7 aromatic carbocycles. The van der Waals surface area contributed by atoms with E-state index in [1.54, 1.807) is 6.07 Å². The van der Waals surface area contributed by atoms with Crippen LogP contribution < -0.4 is 0 Å². The maximum atomic E-state index is 14.3. The number of benzene rings is 7. The minimum atomic E-state index is -0.100. The number of fused-ring (bicyclic) bond motifs is 6. The van der Waals surface area contributed by atoms with Crippen LogP contribution in [0.25, 0.3) is 66.1 Å². The molecule has 0 fully saturated rings. The summed E-state index contributed by atoms with van der Waals surface area (Å²) in [5.41, 5.74) is 9.72.